The first kappa shape index (κ1) is 20.3. The van der Waals surface area contributed by atoms with E-state index in [1.54, 1.807) is 22.9 Å². The normalized spacial score (nSPS) is 10.5. The summed E-state index contributed by atoms with van der Waals surface area (Å²) >= 11 is 6.19. The van der Waals surface area contributed by atoms with Crippen LogP contribution < -0.4 is 4.74 Å². The molecule has 6 heteroatoms. The van der Waals surface area contributed by atoms with Crippen molar-refractivity contribution in [2.45, 2.75) is 6.61 Å². The molecule has 1 heterocycles. The molecule has 1 aromatic heterocycles. The fourth-order valence-corrected chi connectivity index (χ4v) is 3.42. The minimum atomic E-state index is -0.980. The first-order chi connectivity index (χ1) is 15.0. The number of ether oxygens (including phenoxy) is 1. The fourth-order valence-electron chi connectivity index (χ4n) is 3.23. The summed E-state index contributed by atoms with van der Waals surface area (Å²) < 4.78 is 7.71. The van der Waals surface area contributed by atoms with E-state index < -0.39 is 5.97 Å². The van der Waals surface area contributed by atoms with Crippen molar-refractivity contribution in [1.82, 2.24) is 4.57 Å². The topological polar surface area (TPSA) is 75.2 Å². The molecular weight excluding hydrogens is 412 g/mol. The molecule has 31 heavy (non-hydrogen) atoms. The lowest BCUT2D eigenvalue weighted by atomic mass is 10.1. The van der Waals surface area contributed by atoms with Gasteiger partial charge in [-0.2, -0.15) is 5.26 Å². The maximum atomic E-state index is 11.1. The highest BCUT2D eigenvalue weighted by molar-refractivity contribution is 6.31. The summed E-state index contributed by atoms with van der Waals surface area (Å²) in [5.74, 6) is -0.314. The molecule has 4 rings (SSSR count). The van der Waals surface area contributed by atoms with E-state index in [0.29, 0.717) is 22.9 Å². The molecule has 0 atom stereocenters. The van der Waals surface area contributed by atoms with Crippen LogP contribution >= 0.6 is 11.6 Å². The number of aromatic nitrogens is 1. The van der Waals surface area contributed by atoms with Crippen LogP contribution in [0.25, 0.3) is 16.8 Å². The van der Waals surface area contributed by atoms with Gasteiger partial charge in [-0.1, -0.05) is 41.9 Å². The molecule has 3 aromatic carbocycles. The Morgan fingerprint density at radius 2 is 1.81 bits per heavy atom. The van der Waals surface area contributed by atoms with Gasteiger partial charge >= 0.3 is 5.97 Å². The number of carboxylic acids is 1. The SMILES string of the molecule is N#Cc1cn(-c2ccc(C(=O)O)cc2)cc1-c1cccc(OCc2ccccc2Cl)c1. The molecule has 1 N–H and O–H groups in total. The van der Waals surface area contributed by atoms with Gasteiger partial charge in [-0.15, -0.1) is 0 Å². The van der Waals surface area contributed by atoms with Gasteiger partial charge in [-0.3, -0.25) is 0 Å². The number of aromatic carboxylic acids is 1. The predicted molar refractivity (Wildman–Crippen MR) is 119 cm³/mol. The van der Waals surface area contributed by atoms with E-state index in [-0.39, 0.29) is 5.56 Å². The van der Waals surface area contributed by atoms with Gasteiger partial charge in [0.2, 0.25) is 0 Å². The van der Waals surface area contributed by atoms with Crippen LogP contribution in [0, 0.1) is 11.3 Å². The van der Waals surface area contributed by atoms with Crippen molar-refractivity contribution in [3.8, 4) is 28.6 Å². The highest BCUT2D eigenvalue weighted by atomic mass is 35.5. The van der Waals surface area contributed by atoms with E-state index in [2.05, 4.69) is 6.07 Å². The lowest BCUT2D eigenvalue weighted by molar-refractivity contribution is 0.0697. The number of carbonyl (C=O) groups is 1. The van der Waals surface area contributed by atoms with Crippen LogP contribution in [0.1, 0.15) is 21.5 Å². The molecule has 152 valence electrons. The summed E-state index contributed by atoms with van der Waals surface area (Å²) in [6.45, 7) is 0.338. The van der Waals surface area contributed by atoms with Crippen LogP contribution in [0.2, 0.25) is 5.02 Å². The summed E-state index contributed by atoms with van der Waals surface area (Å²) in [6.07, 6.45) is 3.57. The fraction of sp³-hybridized carbons (Fsp3) is 0.0400. The minimum absolute atomic E-state index is 0.208. The Balaban J connectivity index is 1.61. The molecule has 0 fully saturated rings. The summed E-state index contributed by atoms with van der Waals surface area (Å²) in [6, 6.07) is 23.7. The summed E-state index contributed by atoms with van der Waals surface area (Å²) in [5, 5.41) is 19.3. The van der Waals surface area contributed by atoms with E-state index in [1.165, 1.54) is 12.1 Å². The van der Waals surface area contributed by atoms with Gasteiger partial charge in [0.15, 0.2) is 0 Å². The van der Waals surface area contributed by atoms with Crippen molar-refractivity contribution in [3.63, 3.8) is 0 Å². The van der Waals surface area contributed by atoms with Crippen molar-refractivity contribution in [3.05, 3.63) is 107 Å². The van der Waals surface area contributed by atoms with Crippen molar-refractivity contribution >= 4 is 17.6 Å². The Morgan fingerprint density at radius 3 is 2.52 bits per heavy atom. The molecule has 0 aliphatic rings. The number of halogens is 1. The minimum Gasteiger partial charge on any atom is -0.489 e. The number of hydrogen-bond donors (Lipinski definition) is 1. The largest absolute Gasteiger partial charge is 0.489 e. The average Bonchev–Trinajstić information content (AvgIpc) is 3.23. The first-order valence-electron chi connectivity index (χ1n) is 9.47. The summed E-state index contributed by atoms with van der Waals surface area (Å²) in [4.78, 5) is 11.1. The summed E-state index contributed by atoms with van der Waals surface area (Å²) in [7, 11) is 0. The first-order valence-corrected chi connectivity index (χ1v) is 9.85. The predicted octanol–water partition coefficient (Wildman–Crippen LogP) is 5.95. The third-order valence-electron chi connectivity index (χ3n) is 4.86. The molecule has 5 nitrogen and oxygen atoms in total. The van der Waals surface area contributed by atoms with E-state index in [0.717, 1.165) is 22.4 Å². The molecule has 0 unspecified atom stereocenters. The Bertz CT molecular complexity index is 1290. The standard InChI is InChI=1S/C25H17ClN2O3/c26-24-7-2-1-4-19(24)16-31-22-6-3-5-18(12-22)23-15-28(14-20(23)13-27)21-10-8-17(9-11-21)25(29)30/h1-12,14-15H,16H2,(H,29,30). The Kier molecular flexibility index (Phi) is 5.74. The third-order valence-corrected chi connectivity index (χ3v) is 5.23. The van der Waals surface area contributed by atoms with Gasteiger partial charge in [0.05, 0.1) is 11.1 Å². The highest BCUT2D eigenvalue weighted by Crippen LogP contribution is 2.29. The smallest absolute Gasteiger partial charge is 0.335 e. The quantitative estimate of drug-likeness (QED) is 0.412. The van der Waals surface area contributed by atoms with E-state index >= 15 is 0 Å². The van der Waals surface area contributed by atoms with Crippen LogP contribution in [-0.2, 0) is 6.61 Å². The zero-order valence-electron chi connectivity index (χ0n) is 16.3. The van der Waals surface area contributed by atoms with Crippen LogP contribution in [0.15, 0.2) is 85.2 Å². The second-order valence-corrected chi connectivity index (χ2v) is 7.27. The molecule has 0 bridgehead atoms. The number of nitriles is 1. The maximum absolute atomic E-state index is 11.1. The molecule has 0 amide bonds. The van der Waals surface area contributed by atoms with Crippen LogP contribution in [0.5, 0.6) is 5.75 Å². The van der Waals surface area contributed by atoms with Gasteiger partial charge in [0, 0.05) is 34.2 Å². The zero-order chi connectivity index (χ0) is 21.8. The molecule has 0 saturated heterocycles. The second-order valence-electron chi connectivity index (χ2n) is 6.86. The van der Waals surface area contributed by atoms with Crippen LogP contribution in [-0.4, -0.2) is 15.6 Å². The van der Waals surface area contributed by atoms with Gasteiger partial charge in [0.1, 0.15) is 18.4 Å². The van der Waals surface area contributed by atoms with Crippen LogP contribution in [0.3, 0.4) is 0 Å². The summed E-state index contributed by atoms with van der Waals surface area (Å²) in [5.41, 5.74) is 3.97. The van der Waals surface area contributed by atoms with Crippen molar-refractivity contribution in [2.75, 3.05) is 0 Å². The second kappa shape index (κ2) is 8.78. The van der Waals surface area contributed by atoms with Crippen molar-refractivity contribution in [1.29, 1.82) is 5.26 Å². The number of carboxylic acid groups (broad SMARTS) is 1. The van der Waals surface area contributed by atoms with Crippen LogP contribution in [0.4, 0.5) is 0 Å². The Hall–Kier alpha value is -4.01. The molecule has 0 aliphatic carbocycles. The number of nitrogens with zero attached hydrogens (tertiary/aromatic N) is 2. The molecular formula is C25H17ClN2O3. The van der Waals surface area contributed by atoms with E-state index in [9.17, 15) is 10.1 Å². The Morgan fingerprint density at radius 1 is 1.03 bits per heavy atom. The van der Waals surface area contributed by atoms with Gasteiger partial charge in [0.25, 0.3) is 0 Å². The number of rotatable bonds is 6. The van der Waals surface area contributed by atoms with Gasteiger partial charge in [-0.05, 0) is 48.0 Å². The lowest BCUT2D eigenvalue weighted by Crippen LogP contribution is -1.97. The third kappa shape index (κ3) is 4.45. The van der Waals surface area contributed by atoms with Crippen molar-refractivity contribution < 1.29 is 14.6 Å². The molecule has 4 aromatic rings. The molecule has 0 spiro atoms. The zero-order valence-corrected chi connectivity index (χ0v) is 17.1. The van der Waals surface area contributed by atoms with E-state index in [4.69, 9.17) is 21.4 Å². The Labute approximate surface area is 184 Å². The average molecular weight is 429 g/mol. The monoisotopic (exact) mass is 428 g/mol. The molecule has 0 radical (unpaired) electrons. The highest BCUT2D eigenvalue weighted by Gasteiger charge is 2.12. The molecule has 0 aliphatic heterocycles. The van der Waals surface area contributed by atoms with E-state index in [1.807, 2.05) is 54.7 Å². The van der Waals surface area contributed by atoms with Gasteiger partial charge < -0.3 is 14.4 Å². The number of hydrogen-bond acceptors (Lipinski definition) is 3. The molecule has 0 saturated carbocycles. The lowest BCUT2D eigenvalue weighted by Gasteiger charge is -2.09. The number of benzene rings is 3. The van der Waals surface area contributed by atoms with Gasteiger partial charge in [-0.25, -0.2) is 4.79 Å². The maximum Gasteiger partial charge on any atom is 0.335 e. The van der Waals surface area contributed by atoms with Crippen molar-refractivity contribution in [2.24, 2.45) is 0 Å².